The average molecular weight is 639 g/mol. The number of benzene rings is 4. The molecule has 0 radical (unpaired) electrons. The Balaban J connectivity index is 1.50. The van der Waals surface area contributed by atoms with Crippen molar-refractivity contribution >= 4 is 23.5 Å². The molecule has 0 aromatic heterocycles. The summed E-state index contributed by atoms with van der Waals surface area (Å²) in [6.07, 6.45) is -2.14. The monoisotopic (exact) mass is 638 g/mol. The van der Waals surface area contributed by atoms with Gasteiger partial charge in [-0.25, -0.2) is 0 Å². The van der Waals surface area contributed by atoms with E-state index >= 15 is 0 Å². The Kier molecular flexibility index (Phi) is 11.8. The molecular formula is C39H42O6S. The molecule has 1 fully saturated rings. The van der Waals surface area contributed by atoms with E-state index in [9.17, 15) is 9.59 Å². The Bertz CT molecular complexity index is 1510. The molecule has 0 unspecified atom stereocenters. The largest absolute Gasteiger partial charge is 0.456 e. The third-order valence-electron chi connectivity index (χ3n) is 7.76. The van der Waals surface area contributed by atoms with E-state index in [-0.39, 0.29) is 18.2 Å². The van der Waals surface area contributed by atoms with Crippen molar-refractivity contribution < 1.29 is 28.5 Å². The van der Waals surface area contributed by atoms with Crippen molar-refractivity contribution in [2.75, 3.05) is 0 Å². The van der Waals surface area contributed by atoms with Gasteiger partial charge in [0.15, 0.2) is 11.9 Å². The lowest BCUT2D eigenvalue weighted by atomic mass is 9.92. The van der Waals surface area contributed by atoms with Crippen LogP contribution in [0.3, 0.4) is 0 Å². The van der Waals surface area contributed by atoms with E-state index in [1.165, 1.54) is 0 Å². The molecule has 0 aliphatic carbocycles. The molecule has 7 heteroatoms. The summed E-state index contributed by atoms with van der Waals surface area (Å²) in [5, 5.41) is 0. The fourth-order valence-electron chi connectivity index (χ4n) is 5.22. The highest BCUT2D eigenvalue weighted by atomic mass is 32.2. The van der Waals surface area contributed by atoms with E-state index in [2.05, 4.69) is 0 Å². The lowest BCUT2D eigenvalue weighted by Gasteiger charge is -2.46. The van der Waals surface area contributed by atoms with Crippen molar-refractivity contribution in [1.82, 2.24) is 0 Å². The smallest absolute Gasteiger partial charge is 0.311 e. The first-order chi connectivity index (χ1) is 22.3. The molecule has 6 nitrogen and oxygen atoms in total. The number of rotatable bonds is 13. The predicted molar refractivity (Wildman–Crippen MR) is 180 cm³/mol. The minimum Gasteiger partial charge on any atom is -0.456 e. The van der Waals surface area contributed by atoms with Crippen LogP contribution in [0, 0.1) is 5.41 Å². The maximum Gasteiger partial charge on any atom is 0.311 e. The number of esters is 1. The van der Waals surface area contributed by atoms with Crippen molar-refractivity contribution in [3.63, 3.8) is 0 Å². The van der Waals surface area contributed by atoms with Gasteiger partial charge in [0.1, 0.15) is 17.6 Å². The second-order valence-corrected chi connectivity index (χ2v) is 13.6. The highest BCUT2D eigenvalue weighted by molar-refractivity contribution is 7.99. The molecule has 46 heavy (non-hydrogen) atoms. The first-order valence-corrected chi connectivity index (χ1v) is 16.6. The number of carbonyl (C=O) groups is 2. The number of ether oxygens (including phenoxy) is 4. The molecule has 5 rings (SSSR count). The van der Waals surface area contributed by atoms with Gasteiger partial charge in [-0.3, -0.25) is 9.59 Å². The lowest BCUT2D eigenvalue weighted by Crippen LogP contribution is -2.60. The molecule has 1 aliphatic rings. The van der Waals surface area contributed by atoms with Crippen LogP contribution in [0.5, 0.6) is 0 Å². The van der Waals surface area contributed by atoms with E-state index in [1.807, 2.05) is 142 Å². The summed E-state index contributed by atoms with van der Waals surface area (Å²) in [6, 6.07) is 39.1. The Morgan fingerprint density at radius 3 is 1.72 bits per heavy atom. The lowest BCUT2D eigenvalue weighted by molar-refractivity contribution is -0.244. The predicted octanol–water partition coefficient (Wildman–Crippen LogP) is 8.30. The van der Waals surface area contributed by atoms with Crippen LogP contribution in [0.1, 0.15) is 55.1 Å². The summed E-state index contributed by atoms with van der Waals surface area (Å²) in [7, 11) is 0. The molecule has 0 amide bonds. The van der Waals surface area contributed by atoms with Crippen LogP contribution < -0.4 is 0 Å². The van der Waals surface area contributed by atoms with Crippen LogP contribution in [0.15, 0.2) is 126 Å². The van der Waals surface area contributed by atoms with Crippen LogP contribution in [-0.4, -0.2) is 41.6 Å². The maximum atomic E-state index is 13.5. The molecule has 4 aromatic carbocycles. The van der Waals surface area contributed by atoms with Gasteiger partial charge in [0.05, 0.1) is 24.7 Å². The number of hydrogen-bond donors (Lipinski definition) is 0. The SMILES string of the molecule is CC(C)(C)C(=O)O[C@H]1[C@H](OCc2ccccc2)[C@H](OCc2ccccc2)[C@@H](Sc2ccccc2)O[C@@H]1CCC(=O)c1ccccc1. The molecule has 1 saturated heterocycles. The fourth-order valence-corrected chi connectivity index (χ4v) is 6.37. The number of Topliss-reactive ketones (excluding diaryl/α,β-unsaturated/α-hetero) is 1. The zero-order chi connectivity index (χ0) is 32.4. The molecule has 4 aromatic rings. The molecule has 0 N–H and O–H groups in total. The Hall–Kier alpha value is -3.75. The van der Waals surface area contributed by atoms with Gasteiger partial charge in [-0.1, -0.05) is 121 Å². The number of ketones is 1. The molecule has 5 atom stereocenters. The molecule has 0 bridgehead atoms. The van der Waals surface area contributed by atoms with Gasteiger partial charge in [-0.15, -0.1) is 0 Å². The summed E-state index contributed by atoms with van der Waals surface area (Å²) in [6.45, 7) is 6.08. The highest BCUT2D eigenvalue weighted by Crippen LogP contribution is 2.39. The van der Waals surface area contributed by atoms with Gasteiger partial charge in [0.25, 0.3) is 0 Å². The Morgan fingerprint density at radius 1 is 0.674 bits per heavy atom. The topological polar surface area (TPSA) is 71.1 Å². The van der Waals surface area contributed by atoms with Gasteiger partial charge in [0.2, 0.25) is 0 Å². The van der Waals surface area contributed by atoms with Gasteiger partial charge in [0, 0.05) is 16.9 Å². The summed E-state index contributed by atoms with van der Waals surface area (Å²) in [5.41, 5.74) is 1.36. The van der Waals surface area contributed by atoms with E-state index in [0.717, 1.165) is 16.0 Å². The molecule has 1 heterocycles. The summed E-state index contributed by atoms with van der Waals surface area (Å²) < 4.78 is 26.5. The molecule has 0 saturated carbocycles. The average Bonchev–Trinajstić information content (AvgIpc) is 3.08. The van der Waals surface area contributed by atoms with Crippen molar-refractivity contribution in [2.24, 2.45) is 5.41 Å². The van der Waals surface area contributed by atoms with Crippen LogP contribution >= 0.6 is 11.8 Å². The maximum absolute atomic E-state index is 13.5. The van der Waals surface area contributed by atoms with Crippen LogP contribution in [0.2, 0.25) is 0 Å². The fraction of sp³-hybridized carbons (Fsp3) is 0.333. The number of carbonyl (C=O) groups excluding carboxylic acids is 2. The molecular weight excluding hydrogens is 596 g/mol. The van der Waals surface area contributed by atoms with Gasteiger partial charge in [-0.2, -0.15) is 0 Å². The van der Waals surface area contributed by atoms with Crippen LogP contribution in [0.25, 0.3) is 0 Å². The molecule has 240 valence electrons. The second kappa shape index (κ2) is 16.2. The van der Waals surface area contributed by atoms with Crippen molar-refractivity contribution in [3.05, 3.63) is 138 Å². The zero-order valence-electron chi connectivity index (χ0n) is 26.6. The molecule has 0 spiro atoms. The Labute approximate surface area is 276 Å². The highest BCUT2D eigenvalue weighted by Gasteiger charge is 2.50. The van der Waals surface area contributed by atoms with Gasteiger partial charge in [-0.05, 0) is 50.5 Å². The van der Waals surface area contributed by atoms with Gasteiger partial charge >= 0.3 is 5.97 Å². The third kappa shape index (κ3) is 9.39. The number of hydrogen-bond acceptors (Lipinski definition) is 7. The first-order valence-electron chi connectivity index (χ1n) is 15.8. The van der Waals surface area contributed by atoms with Crippen LogP contribution in [0.4, 0.5) is 0 Å². The first kappa shape index (κ1) is 33.6. The summed E-state index contributed by atoms with van der Waals surface area (Å²) in [4.78, 5) is 27.7. The third-order valence-corrected chi connectivity index (χ3v) is 8.92. The van der Waals surface area contributed by atoms with Crippen LogP contribution in [-0.2, 0) is 37.0 Å². The van der Waals surface area contributed by atoms with E-state index in [0.29, 0.717) is 25.2 Å². The van der Waals surface area contributed by atoms with Crippen molar-refractivity contribution in [2.45, 2.75) is 81.6 Å². The standard InChI is InChI=1S/C39H42O6S/c1-39(2,3)38(41)45-34-33(25-24-32(40)30-20-12-6-13-21-30)44-37(46-31-22-14-7-15-23-31)36(43-27-29-18-10-5-11-19-29)35(34)42-26-28-16-8-4-9-17-28/h4-23,33-37H,24-27H2,1-3H3/t33-,34-,35+,36+,37-/m1/s1. The second-order valence-electron chi connectivity index (χ2n) is 12.4. The zero-order valence-corrected chi connectivity index (χ0v) is 27.4. The summed E-state index contributed by atoms with van der Waals surface area (Å²) >= 11 is 1.54. The van der Waals surface area contributed by atoms with E-state index in [1.54, 1.807) is 11.8 Å². The van der Waals surface area contributed by atoms with E-state index in [4.69, 9.17) is 18.9 Å². The normalized spacial score (nSPS) is 21.4. The van der Waals surface area contributed by atoms with Gasteiger partial charge < -0.3 is 18.9 Å². The number of thioether (sulfide) groups is 1. The minimum atomic E-state index is -0.813. The Morgan fingerprint density at radius 2 is 1.17 bits per heavy atom. The summed E-state index contributed by atoms with van der Waals surface area (Å²) in [5.74, 6) is -0.369. The quantitative estimate of drug-likeness (QED) is 0.108. The minimum absolute atomic E-state index is 0.00145. The van der Waals surface area contributed by atoms with E-state index < -0.39 is 35.3 Å². The van der Waals surface area contributed by atoms with Crippen molar-refractivity contribution in [1.29, 1.82) is 0 Å². The molecule has 1 aliphatic heterocycles. The van der Waals surface area contributed by atoms with Crippen molar-refractivity contribution in [3.8, 4) is 0 Å².